The van der Waals surface area contributed by atoms with E-state index in [1.165, 1.54) is 12.1 Å². The Hall–Kier alpha value is -1.39. The van der Waals surface area contributed by atoms with Crippen molar-refractivity contribution in [3.8, 4) is 0 Å². The number of carbonyl (C=O) groups is 1. The third-order valence-electron chi connectivity index (χ3n) is 2.44. The molecule has 0 spiro atoms. The Morgan fingerprint density at radius 1 is 1.22 bits per heavy atom. The van der Waals surface area contributed by atoms with Crippen molar-refractivity contribution in [3.63, 3.8) is 0 Å². The maximum Gasteiger partial charge on any atom is 0.194 e. The number of nitrogen functional groups attached to an aromatic ring is 1. The fourth-order valence-corrected chi connectivity index (χ4v) is 2.13. The molecule has 2 nitrogen and oxygen atoms in total. The molecule has 0 aliphatic rings. The highest BCUT2D eigenvalue weighted by molar-refractivity contribution is 9.10. The maximum atomic E-state index is 12.9. The van der Waals surface area contributed by atoms with Crippen LogP contribution >= 0.6 is 27.5 Å². The molecule has 0 atom stereocenters. The highest BCUT2D eigenvalue weighted by Crippen LogP contribution is 2.25. The van der Waals surface area contributed by atoms with Crippen LogP contribution in [0.1, 0.15) is 15.9 Å². The van der Waals surface area contributed by atoms with Crippen molar-refractivity contribution < 1.29 is 9.18 Å². The summed E-state index contributed by atoms with van der Waals surface area (Å²) in [6.07, 6.45) is 0. The largest absolute Gasteiger partial charge is 0.398 e. The summed E-state index contributed by atoms with van der Waals surface area (Å²) >= 11 is 9.09. The molecule has 0 bridgehead atoms. The van der Waals surface area contributed by atoms with Gasteiger partial charge in [-0.05, 0) is 52.3 Å². The minimum atomic E-state index is -0.477. The summed E-state index contributed by atoms with van der Waals surface area (Å²) in [7, 11) is 0. The lowest BCUT2D eigenvalue weighted by molar-refractivity contribution is 0.103. The highest BCUT2D eigenvalue weighted by Gasteiger charge is 2.14. The Bertz CT molecular complexity index is 630. The van der Waals surface area contributed by atoms with Gasteiger partial charge in [0.05, 0.1) is 5.02 Å². The number of benzene rings is 2. The molecule has 2 aromatic rings. The van der Waals surface area contributed by atoms with Gasteiger partial charge in [0.2, 0.25) is 0 Å². The molecule has 92 valence electrons. The maximum absolute atomic E-state index is 12.9. The van der Waals surface area contributed by atoms with Crippen LogP contribution in [0.25, 0.3) is 0 Å². The normalized spacial score (nSPS) is 10.4. The number of halogens is 3. The molecule has 0 aliphatic carbocycles. The molecule has 0 amide bonds. The van der Waals surface area contributed by atoms with Crippen LogP contribution in [0.15, 0.2) is 40.9 Å². The van der Waals surface area contributed by atoms with Gasteiger partial charge in [0.25, 0.3) is 0 Å². The zero-order chi connectivity index (χ0) is 13.3. The van der Waals surface area contributed by atoms with Gasteiger partial charge in [-0.25, -0.2) is 4.39 Å². The first-order valence-corrected chi connectivity index (χ1v) is 6.21. The van der Waals surface area contributed by atoms with Gasteiger partial charge in [-0.3, -0.25) is 4.79 Å². The van der Waals surface area contributed by atoms with Crippen LogP contribution < -0.4 is 5.73 Å². The number of nitrogens with two attached hydrogens (primary N) is 1. The molecule has 2 N–H and O–H groups in total. The molecule has 0 fully saturated rings. The molecule has 0 unspecified atom stereocenters. The Balaban J connectivity index is 2.44. The van der Waals surface area contributed by atoms with E-state index in [1.54, 1.807) is 18.2 Å². The van der Waals surface area contributed by atoms with Crippen molar-refractivity contribution in [2.24, 2.45) is 0 Å². The zero-order valence-electron chi connectivity index (χ0n) is 9.08. The first-order chi connectivity index (χ1) is 8.49. The fourth-order valence-electron chi connectivity index (χ4n) is 1.50. The van der Waals surface area contributed by atoms with Crippen LogP contribution in [0.4, 0.5) is 10.1 Å². The molecule has 5 heteroatoms. The lowest BCUT2D eigenvalue weighted by Crippen LogP contribution is -2.03. The van der Waals surface area contributed by atoms with Crippen LogP contribution in [-0.4, -0.2) is 5.78 Å². The van der Waals surface area contributed by atoms with Gasteiger partial charge in [-0.1, -0.05) is 11.6 Å². The number of ketones is 1. The van der Waals surface area contributed by atoms with E-state index in [0.717, 1.165) is 6.07 Å². The summed E-state index contributed by atoms with van der Waals surface area (Å²) in [6.45, 7) is 0. The molecule has 0 saturated heterocycles. The first kappa shape index (κ1) is 13.1. The van der Waals surface area contributed by atoms with Crippen LogP contribution in [-0.2, 0) is 0 Å². The van der Waals surface area contributed by atoms with E-state index in [2.05, 4.69) is 15.9 Å². The Labute approximate surface area is 117 Å². The first-order valence-electron chi connectivity index (χ1n) is 5.04. The third kappa shape index (κ3) is 2.54. The van der Waals surface area contributed by atoms with Gasteiger partial charge in [-0.15, -0.1) is 0 Å². The summed E-state index contributed by atoms with van der Waals surface area (Å²) in [5.41, 5.74) is 6.88. The van der Waals surface area contributed by atoms with Gasteiger partial charge < -0.3 is 5.73 Å². The van der Waals surface area contributed by atoms with E-state index in [4.69, 9.17) is 17.3 Å². The SMILES string of the molecule is Nc1ccc(C(=O)c2ccc(F)cc2Cl)cc1Br. The third-order valence-corrected chi connectivity index (χ3v) is 3.44. The lowest BCUT2D eigenvalue weighted by Gasteiger charge is -2.05. The molecule has 2 rings (SSSR count). The summed E-state index contributed by atoms with van der Waals surface area (Å²) < 4.78 is 13.5. The number of hydrogen-bond acceptors (Lipinski definition) is 2. The minimum absolute atomic E-state index is 0.0907. The van der Waals surface area contributed by atoms with Crippen molar-refractivity contribution in [2.45, 2.75) is 0 Å². The van der Waals surface area contributed by atoms with Crippen molar-refractivity contribution in [3.05, 3.63) is 62.8 Å². The summed E-state index contributed by atoms with van der Waals surface area (Å²) in [4.78, 5) is 12.2. The predicted molar refractivity (Wildman–Crippen MR) is 73.4 cm³/mol. The second-order valence-electron chi connectivity index (χ2n) is 3.69. The van der Waals surface area contributed by atoms with Crippen LogP contribution in [0.2, 0.25) is 5.02 Å². The van der Waals surface area contributed by atoms with Gasteiger partial charge in [0.15, 0.2) is 5.78 Å². The number of rotatable bonds is 2. The number of hydrogen-bond donors (Lipinski definition) is 1. The van der Waals surface area contributed by atoms with Crippen molar-refractivity contribution in [1.29, 1.82) is 0 Å². The molecule has 0 aromatic heterocycles. The standard InChI is InChI=1S/C13H8BrClFNO/c14-10-5-7(1-4-12(10)17)13(18)9-3-2-8(16)6-11(9)15/h1-6H,17H2. The topological polar surface area (TPSA) is 43.1 Å². The summed E-state index contributed by atoms with van der Waals surface area (Å²) in [5, 5.41) is 0.0907. The van der Waals surface area contributed by atoms with E-state index in [0.29, 0.717) is 15.7 Å². The molecule has 18 heavy (non-hydrogen) atoms. The number of carbonyl (C=O) groups excluding carboxylic acids is 1. The number of anilines is 1. The predicted octanol–water partition coefficient (Wildman–Crippen LogP) is 4.05. The molecular weight excluding hydrogens is 321 g/mol. The van der Waals surface area contributed by atoms with E-state index >= 15 is 0 Å². The molecular formula is C13H8BrClFNO. The van der Waals surface area contributed by atoms with E-state index in [-0.39, 0.29) is 16.4 Å². The fraction of sp³-hybridized carbons (Fsp3) is 0. The van der Waals surface area contributed by atoms with Crippen LogP contribution in [0.3, 0.4) is 0 Å². The Kier molecular flexibility index (Phi) is 3.68. The summed E-state index contributed by atoms with van der Waals surface area (Å²) in [6, 6.07) is 8.51. The molecule has 0 saturated carbocycles. The quantitative estimate of drug-likeness (QED) is 0.667. The van der Waals surface area contributed by atoms with Gasteiger partial charge >= 0.3 is 0 Å². The lowest BCUT2D eigenvalue weighted by atomic mass is 10.0. The highest BCUT2D eigenvalue weighted by atomic mass is 79.9. The minimum Gasteiger partial charge on any atom is -0.398 e. The average Bonchev–Trinajstić information content (AvgIpc) is 2.32. The van der Waals surface area contributed by atoms with Gasteiger partial charge in [0.1, 0.15) is 5.82 Å². The second kappa shape index (κ2) is 5.08. The van der Waals surface area contributed by atoms with Gasteiger partial charge in [-0.2, -0.15) is 0 Å². The smallest absolute Gasteiger partial charge is 0.194 e. The van der Waals surface area contributed by atoms with Gasteiger partial charge in [0, 0.05) is 21.3 Å². The zero-order valence-corrected chi connectivity index (χ0v) is 11.4. The van der Waals surface area contributed by atoms with Crippen molar-refractivity contribution in [1.82, 2.24) is 0 Å². The average molecular weight is 329 g/mol. The monoisotopic (exact) mass is 327 g/mol. The van der Waals surface area contributed by atoms with Crippen LogP contribution in [0, 0.1) is 5.82 Å². The summed E-state index contributed by atoms with van der Waals surface area (Å²) in [5.74, 6) is -0.754. The van der Waals surface area contributed by atoms with E-state index in [1.807, 2.05) is 0 Å². The second-order valence-corrected chi connectivity index (χ2v) is 4.95. The molecule has 0 radical (unpaired) electrons. The van der Waals surface area contributed by atoms with Crippen molar-refractivity contribution >= 4 is 39.0 Å². The van der Waals surface area contributed by atoms with E-state index < -0.39 is 5.82 Å². The van der Waals surface area contributed by atoms with Crippen LogP contribution in [0.5, 0.6) is 0 Å². The Morgan fingerprint density at radius 3 is 2.56 bits per heavy atom. The molecule has 0 heterocycles. The molecule has 2 aromatic carbocycles. The van der Waals surface area contributed by atoms with Crippen molar-refractivity contribution in [2.75, 3.05) is 5.73 Å². The van der Waals surface area contributed by atoms with E-state index in [9.17, 15) is 9.18 Å². The molecule has 0 aliphatic heterocycles. The Morgan fingerprint density at radius 2 is 1.94 bits per heavy atom.